The molecule has 2 rings (SSSR count). The fraction of sp³-hybridized carbons (Fsp3) is 0.231. The van der Waals surface area contributed by atoms with Crippen molar-refractivity contribution in [2.24, 2.45) is 12.8 Å². The predicted molar refractivity (Wildman–Crippen MR) is 77.6 cm³/mol. The lowest BCUT2D eigenvalue weighted by molar-refractivity contribution is 0.767. The zero-order valence-electron chi connectivity index (χ0n) is 10.5. The van der Waals surface area contributed by atoms with E-state index in [1.165, 1.54) is 5.56 Å². The van der Waals surface area contributed by atoms with Crippen molar-refractivity contribution in [2.45, 2.75) is 13.5 Å². The standard InChI is InChI=1S/C13H16N4S/c1-9-3-4-11(13(14)18)12(5-9)15-6-10-7-16-17(2)8-10/h3-5,7-8,15H,6H2,1-2H3,(H2,14,18). The van der Waals surface area contributed by atoms with Crippen LogP contribution in [-0.2, 0) is 13.6 Å². The van der Waals surface area contributed by atoms with Gasteiger partial charge in [-0.2, -0.15) is 5.10 Å². The molecule has 0 bridgehead atoms. The molecule has 5 heteroatoms. The number of hydrogen-bond donors (Lipinski definition) is 2. The predicted octanol–water partition coefficient (Wildman–Crippen LogP) is 1.97. The van der Waals surface area contributed by atoms with Gasteiger partial charge >= 0.3 is 0 Å². The minimum absolute atomic E-state index is 0.406. The van der Waals surface area contributed by atoms with Crippen LogP contribution in [0.1, 0.15) is 16.7 Å². The fourth-order valence-corrected chi connectivity index (χ4v) is 1.96. The molecule has 0 atom stereocenters. The number of nitrogens with two attached hydrogens (primary N) is 1. The highest BCUT2D eigenvalue weighted by atomic mass is 32.1. The van der Waals surface area contributed by atoms with Gasteiger partial charge in [0.1, 0.15) is 4.99 Å². The van der Waals surface area contributed by atoms with Crippen molar-refractivity contribution < 1.29 is 0 Å². The van der Waals surface area contributed by atoms with E-state index >= 15 is 0 Å². The number of hydrogen-bond acceptors (Lipinski definition) is 3. The van der Waals surface area contributed by atoms with Gasteiger partial charge in [0.2, 0.25) is 0 Å². The highest BCUT2D eigenvalue weighted by molar-refractivity contribution is 7.80. The van der Waals surface area contributed by atoms with E-state index in [1.54, 1.807) is 4.68 Å². The Morgan fingerprint density at radius 1 is 1.50 bits per heavy atom. The summed E-state index contributed by atoms with van der Waals surface area (Å²) in [6.45, 7) is 2.74. The van der Waals surface area contributed by atoms with Gasteiger partial charge < -0.3 is 11.1 Å². The van der Waals surface area contributed by atoms with Crippen LogP contribution in [0.5, 0.6) is 0 Å². The molecule has 0 aliphatic heterocycles. The van der Waals surface area contributed by atoms with E-state index in [9.17, 15) is 0 Å². The van der Waals surface area contributed by atoms with Gasteiger partial charge in [-0.15, -0.1) is 0 Å². The van der Waals surface area contributed by atoms with E-state index in [0.29, 0.717) is 11.5 Å². The van der Waals surface area contributed by atoms with E-state index in [4.69, 9.17) is 18.0 Å². The van der Waals surface area contributed by atoms with Crippen LogP contribution < -0.4 is 11.1 Å². The molecule has 0 fully saturated rings. The Labute approximate surface area is 112 Å². The molecular weight excluding hydrogens is 244 g/mol. The minimum Gasteiger partial charge on any atom is -0.389 e. The fourth-order valence-electron chi connectivity index (χ4n) is 1.78. The van der Waals surface area contributed by atoms with Gasteiger partial charge in [0.25, 0.3) is 0 Å². The zero-order chi connectivity index (χ0) is 13.1. The number of nitrogens with zero attached hydrogens (tertiary/aromatic N) is 2. The number of aryl methyl sites for hydroxylation is 2. The van der Waals surface area contributed by atoms with Crippen LogP contribution >= 0.6 is 12.2 Å². The summed E-state index contributed by atoms with van der Waals surface area (Å²) in [5.74, 6) is 0. The Bertz CT molecular complexity index is 574. The number of aromatic nitrogens is 2. The van der Waals surface area contributed by atoms with Gasteiger partial charge in [-0.1, -0.05) is 18.3 Å². The summed E-state index contributed by atoms with van der Waals surface area (Å²) in [4.78, 5) is 0.406. The third-order valence-corrected chi connectivity index (χ3v) is 2.90. The van der Waals surface area contributed by atoms with Gasteiger partial charge in [-0.05, 0) is 24.6 Å². The van der Waals surface area contributed by atoms with E-state index in [1.807, 2.05) is 44.6 Å². The zero-order valence-corrected chi connectivity index (χ0v) is 11.3. The molecule has 0 saturated carbocycles. The van der Waals surface area contributed by atoms with E-state index in [-0.39, 0.29) is 0 Å². The molecule has 0 unspecified atom stereocenters. The van der Waals surface area contributed by atoms with Crippen molar-refractivity contribution in [3.05, 3.63) is 47.3 Å². The lowest BCUT2D eigenvalue weighted by atomic mass is 10.1. The molecule has 0 amide bonds. The van der Waals surface area contributed by atoms with E-state index < -0.39 is 0 Å². The van der Waals surface area contributed by atoms with Crippen LogP contribution in [0.15, 0.2) is 30.6 Å². The monoisotopic (exact) mass is 260 g/mol. The first-order valence-corrected chi connectivity index (χ1v) is 6.09. The third kappa shape index (κ3) is 2.87. The smallest absolute Gasteiger partial charge is 0.106 e. The first-order chi connectivity index (χ1) is 8.56. The van der Waals surface area contributed by atoms with Gasteiger partial charge in [-0.3, -0.25) is 4.68 Å². The number of benzene rings is 1. The third-order valence-electron chi connectivity index (χ3n) is 2.68. The molecule has 0 spiro atoms. The second-order valence-electron chi connectivity index (χ2n) is 4.29. The Morgan fingerprint density at radius 2 is 2.28 bits per heavy atom. The van der Waals surface area contributed by atoms with Crippen molar-refractivity contribution in [1.29, 1.82) is 0 Å². The van der Waals surface area contributed by atoms with Crippen molar-refractivity contribution >= 4 is 22.9 Å². The van der Waals surface area contributed by atoms with Crippen molar-refractivity contribution in [1.82, 2.24) is 9.78 Å². The summed E-state index contributed by atoms with van der Waals surface area (Å²) in [7, 11) is 1.90. The summed E-state index contributed by atoms with van der Waals surface area (Å²) >= 11 is 5.05. The van der Waals surface area contributed by atoms with Gasteiger partial charge in [-0.25, -0.2) is 0 Å². The van der Waals surface area contributed by atoms with Crippen LogP contribution in [0.3, 0.4) is 0 Å². The lowest BCUT2D eigenvalue weighted by Gasteiger charge is -2.11. The maximum atomic E-state index is 5.71. The maximum absolute atomic E-state index is 5.71. The minimum atomic E-state index is 0.406. The van der Waals surface area contributed by atoms with Crippen molar-refractivity contribution in [2.75, 3.05) is 5.32 Å². The first-order valence-electron chi connectivity index (χ1n) is 5.68. The van der Waals surface area contributed by atoms with Crippen LogP contribution in [0.4, 0.5) is 5.69 Å². The van der Waals surface area contributed by atoms with E-state index in [0.717, 1.165) is 16.8 Å². The summed E-state index contributed by atoms with van der Waals surface area (Å²) in [5.41, 5.74) is 9.84. The highest BCUT2D eigenvalue weighted by Crippen LogP contribution is 2.18. The molecule has 0 saturated heterocycles. The van der Waals surface area contributed by atoms with E-state index in [2.05, 4.69) is 10.4 Å². The van der Waals surface area contributed by atoms with Gasteiger partial charge in [0, 0.05) is 36.6 Å². The molecule has 0 aliphatic rings. The number of nitrogens with one attached hydrogen (secondary N) is 1. The average molecular weight is 260 g/mol. The molecule has 0 radical (unpaired) electrons. The van der Waals surface area contributed by atoms with Crippen LogP contribution in [0.25, 0.3) is 0 Å². The molecule has 4 nitrogen and oxygen atoms in total. The van der Waals surface area contributed by atoms with Gasteiger partial charge in [0.05, 0.1) is 6.20 Å². The van der Waals surface area contributed by atoms with Crippen LogP contribution in [0.2, 0.25) is 0 Å². The van der Waals surface area contributed by atoms with Crippen LogP contribution in [-0.4, -0.2) is 14.8 Å². The van der Waals surface area contributed by atoms with Crippen molar-refractivity contribution in [3.8, 4) is 0 Å². The molecular formula is C13H16N4S. The summed E-state index contributed by atoms with van der Waals surface area (Å²) in [6, 6.07) is 6.00. The SMILES string of the molecule is Cc1ccc(C(N)=S)c(NCc2cnn(C)c2)c1. The number of thiocarbonyl (C=S) groups is 1. The maximum Gasteiger partial charge on any atom is 0.106 e. The Kier molecular flexibility index (Phi) is 3.62. The average Bonchev–Trinajstić information content (AvgIpc) is 2.72. The lowest BCUT2D eigenvalue weighted by Crippen LogP contribution is -2.13. The molecule has 1 aromatic carbocycles. The highest BCUT2D eigenvalue weighted by Gasteiger charge is 2.05. The number of rotatable bonds is 4. The normalized spacial score (nSPS) is 10.3. The van der Waals surface area contributed by atoms with Gasteiger partial charge in [0.15, 0.2) is 0 Å². The second kappa shape index (κ2) is 5.18. The summed E-state index contributed by atoms with van der Waals surface area (Å²) in [6.07, 6.45) is 3.81. The topological polar surface area (TPSA) is 55.9 Å². The van der Waals surface area contributed by atoms with Crippen molar-refractivity contribution in [3.63, 3.8) is 0 Å². The van der Waals surface area contributed by atoms with Crippen LogP contribution in [0, 0.1) is 6.92 Å². The number of anilines is 1. The first kappa shape index (κ1) is 12.6. The Morgan fingerprint density at radius 3 is 2.89 bits per heavy atom. The molecule has 94 valence electrons. The second-order valence-corrected chi connectivity index (χ2v) is 4.73. The Hall–Kier alpha value is -1.88. The largest absolute Gasteiger partial charge is 0.389 e. The molecule has 2 aromatic rings. The molecule has 18 heavy (non-hydrogen) atoms. The molecule has 1 heterocycles. The molecule has 3 N–H and O–H groups in total. The molecule has 0 aliphatic carbocycles. The molecule has 1 aromatic heterocycles. The summed E-state index contributed by atoms with van der Waals surface area (Å²) < 4.78 is 1.78. The Balaban J connectivity index is 2.17. The summed E-state index contributed by atoms with van der Waals surface area (Å²) in [5, 5.41) is 7.47. The quantitative estimate of drug-likeness (QED) is 0.825.